The van der Waals surface area contributed by atoms with Crippen LogP contribution in [0.15, 0.2) is 24.3 Å². The average Bonchev–Trinajstić information content (AvgIpc) is 3.15. The van der Waals surface area contributed by atoms with Crippen LogP contribution in [0.3, 0.4) is 0 Å². The number of aromatic carboxylic acids is 1. The van der Waals surface area contributed by atoms with Crippen molar-refractivity contribution in [1.82, 2.24) is 4.98 Å². The molecule has 2 heterocycles. The van der Waals surface area contributed by atoms with E-state index in [-0.39, 0.29) is 5.69 Å². The first-order valence-corrected chi connectivity index (χ1v) is 7.97. The Morgan fingerprint density at radius 3 is 2.82 bits per heavy atom. The highest BCUT2D eigenvalue weighted by atomic mass is 32.1. The van der Waals surface area contributed by atoms with Gasteiger partial charge in [-0.15, -0.1) is 11.3 Å². The molecular weight excluding hydrogens is 302 g/mol. The minimum absolute atomic E-state index is 0.126. The smallest absolute Gasteiger partial charge is 0.355 e. The van der Waals surface area contributed by atoms with Crippen molar-refractivity contribution in [2.45, 2.75) is 13.3 Å². The molecule has 6 heteroatoms. The number of hydrogen-bond acceptors (Lipinski definition) is 5. The lowest BCUT2D eigenvalue weighted by Crippen LogP contribution is -2.11. The summed E-state index contributed by atoms with van der Waals surface area (Å²) in [6, 6.07) is 7.60. The normalized spacial score (nSPS) is 17.6. The molecule has 1 aliphatic heterocycles. The molecule has 1 aromatic carbocycles. The van der Waals surface area contributed by atoms with Gasteiger partial charge in [-0.2, -0.15) is 0 Å². The van der Waals surface area contributed by atoms with Gasteiger partial charge in [-0.25, -0.2) is 9.78 Å². The third kappa shape index (κ3) is 3.28. The van der Waals surface area contributed by atoms with Gasteiger partial charge >= 0.3 is 5.97 Å². The van der Waals surface area contributed by atoms with E-state index in [2.05, 4.69) is 4.98 Å². The molecular formula is C16H17NO4S. The van der Waals surface area contributed by atoms with Crippen molar-refractivity contribution in [2.24, 2.45) is 5.92 Å². The minimum Gasteiger partial charge on any atom is -0.493 e. The van der Waals surface area contributed by atoms with Crippen molar-refractivity contribution < 1.29 is 19.4 Å². The molecule has 22 heavy (non-hydrogen) atoms. The molecule has 1 aliphatic rings. The van der Waals surface area contributed by atoms with Gasteiger partial charge in [0.15, 0.2) is 5.69 Å². The van der Waals surface area contributed by atoms with Crippen molar-refractivity contribution >= 4 is 17.3 Å². The number of hydrogen-bond donors (Lipinski definition) is 1. The lowest BCUT2D eigenvalue weighted by Gasteiger charge is -2.10. The highest BCUT2D eigenvalue weighted by Crippen LogP contribution is 2.29. The van der Waals surface area contributed by atoms with Crippen LogP contribution >= 0.6 is 11.3 Å². The fourth-order valence-electron chi connectivity index (χ4n) is 2.34. The number of aromatic nitrogens is 1. The molecule has 2 aromatic rings. The number of benzene rings is 1. The fourth-order valence-corrected chi connectivity index (χ4v) is 3.25. The van der Waals surface area contributed by atoms with Gasteiger partial charge in [0, 0.05) is 23.0 Å². The second-order valence-corrected chi connectivity index (χ2v) is 6.50. The summed E-state index contributed by atoms with van der Waals surface area (Å²) >= 11 is 1.39. The Kier molecular flexibility index (Phi) is 4.40. The summed E-state index contributed by atoms with van der Waals surface area (Å²) < 4.78 is 11.1. The molecule has 0 radical (unpaired) electrons. The quantitative estimate of drug-likeness (QED) is 0.916. The molecule has 116 valence electrons. The summed E-state index contributed by atoms with van der Waals surface area (Å²) in [6.45, 7) is 4.03. The zero-order valence-corrected chi connectivity index (χ0v) is 13.1. The molecule has 5 nitrogen and oxygen atoms in total. The number of carboxylic acids is 1. The van der Waals surface area contributed by atoms with Gasteiger partial charge in [0.1, 0.15) is 10.8 Å². The number of rotatable bonds is 5. The van der Waals surface area contributed by atoms with Crippen molar-refractivity contribution in [2.75, 3.05) is 19.8 Å². The first-order chi connectivity index (χ1) is 10.6. The molecule has 1 atom stereocenters. The molecule has 1 aromatic heterocycles. The van der Waals surface area contributed by atoms with Gasteiger partial charge < -0.3 is 14.6 Å². The summed E-state index contributed by atoms with van der Waals surface area (Å²) in [5, 5.41) is 9.77. The molecule has 1 saturated heterocycles. The first kappa shape index (κ1) is 15.0. The second-order valence-electron chi connectivity index (χ2n) is 5.29. The number of thiazole rings is 1. The average molecular weight is 319 g/mol. The lowest BCUT2D eigenvalue weighted by molar-refractivity contribution is 0.0690. The van der Waals surface area contributed by atoms with Crippen LogP contribution in [0.5, 0.6) is 5.75 Å². The van der Waals surface area contributed by atoms with E-state index in [1.807, 2.05) is 24.3 Å². The summed E-state index contributed by atoms with van der Waals surface area (Å²) in [5.74, 6) is 0.292. The van der Waals surface area contributed by atoms with E-state index in [4.69, 9.17) is 14.6 Å². The van der Waals surface area contributed by atoms with E-state index in [1.54, 1.807) is 6.92 Å². The van der Waals surface area contributed by atoms with E-state index in [9.17, 15) is 4.79 Å². The van der Waals surface area contributed by atoms with Gasteiger partial charge in [0.25, 0.3) is 0 Å². The van der Waals surface area contributed by atoms with E-state index < -0.39 is 5.97 Å². The van der Waals surface area contributed by atoms with Gasteiger partial charge in [-0.3, -0.25) is 0 Å². The lowest BCUT2D eigenvalue weighted by atomic mass is 10.1. The number of carboxylic acid groups (broad SMARTS) is 1. The molecule has 0 aliphatic carbocycles. The fraction of sp³-hybridized carbons (Fsp3) is 0.375. The summed E-state index contributed by atoms with van der Waals surface area (Å²) in [5.41, 5.74) is 1.03. The summed E-state index contributed by atoms with van der Waals surface area (Å²) in [7, 11) is 0. The molecule has 0 spiro atoms. The number of ether oxygens (including phenoxy) is 2. The molecule has 3 rings (SSSR count). The van der Waals surface area contributed by atoms with E-state index in [0.717, 1.165) is 30.9 Å². The van der Waals surface area contributed by atoms with Gasteiger partial charge in [0.05, 0.1) is 13.2 Å². The Labute approximate surface area is 132 Å². The van der Waals surface area contributed by atoms with Crippen LogP contribution in [0.2, 0.25) is 0 Å². The van der Waals surface area contributed by atoms with Gasteiger partial charge in [-0.05, 0) is 37.6 Å². The Hall–Kier alpha value is -1.92. The maximum atomic E-state index is 11.0. The summed E-state index contributed by atoms with van der Waals surface area (Å²) in [4.78, 5) is 15.9. The zero-order chi connectivity index (χ0) is 15.5. The predicted octanol–water partition coefficient (Wildman–Crippen LogP) is 3.23. The second kappa shape index (κ2) is 6.46. The van der Waals surface area contributed by atoms with Gasteiger partial charge in [-0.1, -0.05) is 0 Å². The maximum Gasteiger partial charge on any atom is 0.355 e. The molecule has 1 unspecified atom stereocenters. The van der Waals surface area contributed by atoms with Crippen LogP contribution in [0.25, 0.3) is 10.6 Å². The Bertz CT molecular complexity index is 659. The Morgan fingerprint density at radius 2 is 2.23 bits per heavy atom. The van der Waals surface area contributed by atoms with Crippen LogP contribution in [0, 0.1) is 12.8 Å². The van der Waals surface area contributed by atoms with Crippen molar-refractivity contribution in [3.05, 3.63) is 34.8 Å². The molecule has 1 N–H and O–H groups in total. The molecule has 0 saturated carbocycles. The van der Waals surface area contributed by atoms with E-state index in [1.165, 1.54) is 11.3 Å². The van der Waals surface area contributed by atoms with E-state index in [0.29, 0.717) is 22.4 Å². The third-order valence-electron chi connectivity index (χ3n) is 3.61. The largest absolute Gasteiger partial charge is 0.493 e. The predicted molar refractivity (Wildman–Crippen MR) is 83.7 cm³/mol. The molecule has 1 fully saturated rings. The maximum absolute atomic E-state index is 11.0. The topological polar surface area (TPSA) is 68.7 Å². The number of aryl methyl sites for hydroxylation is 1. The highest BCUT2D eigenvalue weighted by Gasteiger charge is 2.17. The third-order valence-corrected chi connectivity index (χ3v) is 4.63. The Balaban J connectivity index is 1.68. The first-order valence-electron chi connectivity index (χ1n) is 7.15. The van der Waals surface area contributed by atoms with Crippen LogP contribution < -0.4 is 4.74 Å². The van der Waals surface area contributed by atoms with Crippen LogP contribution in [0.4, 0.5) is 0 Å². The highest BCUT2D eigenvalue weighted by molar-refractivity contribution is 7.15. The van der Waals surface area contributed by atoms with Gasteiger partial charge in [0.2, 0.25) is 0 Å². The monoisotopic (exact) mass is 319 g/mol. The Morgan fingerprint density at radius 1 is 1.45 bits per heavy atom. The SMILES string of the molecule is Cc1sc(-c2ccc(OCC3CCOC3)cc2)nc1C(=O)O. The number of carbonyl (C=O) groups is 1. The van der Waals surface area contributed by atoms with Crippen LogP contribution in [0.1, 0.15) is 21.8 Å². The molecule has 0 bridgehead atoms. The standard InChI is InChI=1S/C16H17NO4S/c1-10-14(16(18)19)17-15(22-10)12-2-4-13(5-3-12)21-9-11-6-7-20-8-11/h2-5,11H,6-9H2,1H3,(H,18,19). The number of nitrogens with zero attached hydrogens (tertiary/aromatic N) is 1. The van der Waals surface area contributed by atoms with Crippen molar-refractivity contribution in [3.8, 4) is 16.3 Å². The van der Waals surface area contributed by atoms with Crippen molar-refractivity contribution in [1.29, 1.82) is 0 Å². The van der Waals surface area contributed by atoms with Crippen LogP contribution in [-0.2, 0) is 4.74 Å². The summed E-state index contributed by atoms with van der Waals surface area (Å²) in [6.07, 6.45) is 1.05. The minimum atomic E-state index is -0.987. The van der Waals surface area contributed by atoms with Crippen molar-refractivity contribution in [3.63, 3.8) is 0 Å². The zero-order valence-electron chi connectivity index (χ0n) is 12.2. The molecule has 0 amide bonds. The van der Waals surface area contributed by atoms with Crippen LogP contribution in [-0.4, -0.2) is 35.9 Å². The van der Waals surface area contributed by atoms with E-state index >= 15 is 0 Å².